The molecule has 0 bridgehead atoms. The summed E-state index contributed by atoms with van der Waals surface area (Å²) < 4.78 is 23.5. The smallest absolute Gasteiger partial charge is 0.244 e. The number of carbonyl (C=O) groups excluding carboxylic acids is 1. The Hall–Kier alpha value is -3.35. The van der Waals surface area contributed by atoms with Gasteiger partial charge in [0.25, 0.3) is 0 Å². The molecule has 1 aromatic heterocycles. The fourth-order valence-electron chi connectivity index (χ4n) is 2.24. The molecule has 1 heterocycles. The topological polar surface area (TPSA) is 76.4 Å². The predicted octanol–water partition coefficient (Wildman–Crippen LogP) is 3.75. The Bertz CT molecular complexity index is 878. The van der Waals surface area contributed by atoms with Gasteiger partial charge in [0.1, 0.15) is 23.9 Å². The highest BCUT2D eigenvalue weighted by Gasteiger charge is 2.06. The largest absolute Gasteiger partial charge is 0.489 e. The number of aryl methyl sites for hydroxylation is 1. The summed E-state index contributed by atoms with van der Waals surface area (Å²) in [6.45, 7) is 2.15. The quantitative estimate of drug-likeness (QED) is 0.675. The second-order valence-corrected chi connectivity index (χ2v) is 5.67. The maximum atomic E-state index is 12.9. The number of benzene rings is 2. The monoisotopic (exact) mass is 355 g/mol. The highest BCUT2D eigenvalue weighted by atomic mass is 19.1. The third-order valence-electron chi connectivity index (χ3n) is 3.50. The van der Waals surface area contributed by atoms with Gasteiger partial charge in [-0.05, 0) is 36.8 Å². The lowest BCUT2D eigenvalue weighted by Crippen LogP contribution is -2.21. The summed E-state index contributed by atoms with van der Waals surface area (Å²) in [5.74, 6) is 1.13. The van der Waals surface area contributed by atoms with Crippen LogP contribution in [-0.2, 0) is 11.4 Å². The lowest BCUT2D eigenvalue weighted by atomic mass is 10.2. The average Bonchev–Trinajstić information content (AvgIpc) is 3.04. The fraction of sp³-hybridized carbons (Fsp3) is 0.158. The minimum atomic E-state index is -0.279. The molecule has 0 atom stereocenters. The van der Waals surface area contributed by atoms with E-state index >= 15 is 0 Å². The zero-order valence-corrected chi connectivity index (χ0v) is 14.2. The van der Waals surface area contributed by atoms with Crippen molar-refractivity contribution < 1.29 is 18.4 Å². The normalized spacial score (nSPS) is 10.4. The first-order chi connectivity index (χ1) is 12.6. The molecule has 0 aliphatic rings. The van der Waals surface area contributed by atoms with Crippen molar-refractivity contribution in [3.05, 3.63) is 71.7 Å². The average molecular weight is 355 g/mol. The van der Waals surface area contributed by atoms with Crippen LogP contribution in [0.5, 0.6) is 5.75 Å². The molecule has 0 saturated carbocycles. The van der Waals surface area contributed by atoms with Gasteiger partial charge in [0.15, 0.2) is 5.82 Å². The summed E-state index contributed by atoms with van der Waals surface area (Å²) in [6.07, 6.45) is 0. The number of ether oxygens (including phenoxy) is 1. The zero-order chi connectivity index (χ0) is 18.4. The summed E-state index contributed by atoms with van der Waals surface area (Å²) >= 11 is 0. The Morgan fingerprint density at radius 1 is 1.19 bits per heavy atom. The molecule has 2 aromatic carbocycles. The van der Waals surface area contributed by atoms with Gasteiger partial charge in [-0.1, -0.05) is 23.4 Å². The van der Waals surface area contributed by atoms with Gasteiger partial charge in [0, 0.05) is 17.8 Å². The van der Waals surface area contributed by atoms with Crippen molar-refractivity contribution in [2.45, 2.75) is 13.5 Å². The van der Waals surface area contributed by atoms with Crippen LogP contribution in [0.15, 0.2) is 59.1 Å². The van der Waals surface area contributed by atoms with Crippen molar-refractivity contribution in [2.24, 2.45) is 0 Å². The van der Waals surface area contributed by atoms with Gasteiger partial charge in [-0.3, -0.25) is 4.79 Å². The number of nitrogens with one attached hydrogen (secondary N) is 2. The summed E-state index contributed by atoms with van der Waals surface area (Å²) in [5, 5.41) is 9.35. The summed E-state index contributed by atoms with van der Waals surface area (Å²) in [5.41, 5.74) is 1.61. The van der Waals surface area contributed by atoms with Crippen LogP contribution in [0, 0.1) is 12.7 Å². The molecular formula is C19H18FN3O3. The van der Waals surface area contributed by atoms with Crippen LogP contribution in [0.25, 0.3) is 0 Å². The standard InChI is InChI=1S/C19H18FN3O3/c1-13-9-18(23-26-13)22-19(24)11-21-16-3-2-4-17(10-16)25-12-14-5-7-15(20)8-6-14/h2-10,21H,11-12H2,1H3,(H,22,23,24). The number of hydrogen-bond acceptors (Lipinski definition) is 5. The van der Waals surface area contributed by atoms with E-state index in [1.165, 1.54) is 12.1 Å². The molecule has 0 aliphatic carbocycles. The molecule has 0 aliphatic heterocycles. The Labute approximate surface area is 150 Å². The first-order valence-electron chi connectivity index (χ1n) is 8.03. The van der Waals surface area contributed by atoms with Gasteiger partial charge >= 0.3 is 0 Å². The third kappa shape index (κ3) is 5.07. The molecule has 3 aromatic rings. The molecule has 6 nitrogen and oxygen atoms in total. The van der Waals surface area contributed by atoms with E-state index in [4.69, 9.17) is 9.26 Å². The number of carbonyl (C=O) groups is 1. The Morgan fingerprint density at radius 3 is 2.73 bits per heavy atom. The van der Waals surface area contributed by atoms with Crippen LogP contribution in [0.4, 0.5) is 15.9 Å². The number of nitrogens with zero attached hydrogens (tertiary/aromatic N) is 1. The minimum absolute atomic E-state index is 0.0767. The number of anilines is 2. The maximum absolute atomic E-state index is 12.9. The number of hydrogen-bond donors (Lipinski definition) is 2. The van der Waals surface area contributed by atoms with Crippen LogP contribution in [0.2, 0.25) is 0 Å². The summed E-state index contributed by atoms with van der Waals surface area (Å²) in [7, 11) is 0. The van der Waals surface area contributed by atoms with Crippen LogP contribution in [0.3, 0.4) is 0 Å². The van der Waals surface area contributed by atoms with Crippen LogP contribution >= 0.6 is 0 Å². The number of amides is 1. The Kier molecular flexibility index (Phi) is 5.48. The van der Waals surface area contributed by atoms with E-state index in [9.17, 15) is 9.18 Å². The SMILES string of the molecule is Cc1cc(NC(=O)CNc2cccc(OCc3ccc(F)cc3)c2)no1. The summed E-state index contributed by atoms with van der Waals surface area (Å²) in [6, 6.07) is 15.0. The first-order valence-corrected chi connectivity index (χ1v) is 8.03. The molecule has 3 rings (SSSR count). The molecule has 0 spiro atoms. The Balaban J connectivity index is 1.50. The highest BCUT2D eigenvalue weighted by molar-refractivity contribution is 5.92. The van der Waals surface area contributed by atoms with E-state index in [0.29, 0.717) is 23.9 Å². The van der Waals surface area contributed by atoms with Crippen molar-refractivity contribution >= 4 is 17.4 Å². The van der Waals surface area contributed by atoms with Crippen LogP contribution < -0.4 is 15.4 Å². The summed E-state index contributed by atoms with van der Waals surface area (Å²) in [4.78, 5) is 11.9. The molecule has 0 radical (unpaired) electrons. The van der Waals surface area contributed by atoms with Gasteiger partial charge in [-0.25, -0.2) is 4.39 Å². The molecular weight excluding hydrogens is 337 g/mol. The van der Waals surface area contributed by atoms with Crippen LogP contribution in [-0.4, -0.2) is 17.6 Å². The first kappa shape index (κ1) is 17.5. The van der Waals surface area contributed by atoms with Gasteiger partial charge in [0.05, 0.1) is 6.54 Å². The fourth-order valence-corrected chi connectivity index (χ4v) is 2.24. The van der Waals surface area contributed by atoms with Crippen molar-refractivity contribution in [1.82, 2.24) is 5.16 Å². The van der Waals surface area contributed by atoms with Crippen molar-refractivity contribution in [2.75, 3.05) is 17.2 Å². The van der Waals surface area contributed by atoms with Gasteiger partial charge in [-0.15, -0.1) is 0 Å². The lowest BCUT2D eigenvalue weighted by Gasteiger charge is -2.10. The number of halogens is 1. The van der Waals surface area contributed by atoms with E-state index < -0.39 is 0 Å². The Morgan fingerprint density at radius 2 is 2.00 bits per heavy atom. The number of aromatic nitrogens is 1. The molecule has 0 saturated heterocycles. The molecule has 0 fully saturated rings. The molecule has 2 N–H and O–H groups in total. The van der Waals surface area contributed by atoms with Crippen molar-refractivity contribution in [3.8, 4) is 5.75 Å². The highest BCUT2D eigenvalue weighted by Crippen LogP contribution is 2.18. The third-order valence-corrected chi connectivity index (χ3v) is 3.50. The lowest BCUT2D eigenvalue weighted by molar-refractivity contribution is -0.114. The molecule has 26 heavy (non-hydrogen) atoms. The van der Waals surface area contributed by atoms with E-state index in [1.807, 2.05) is 18.2 Å². The van der Waals surface area contributed by atoms with E-state index in [-0.39, 0.29) is 18.3 Å². The zero-order valence-electron chi connectivity index (χ0n) is 14.2. The van der Waals surface area contributed by atoms with Gasteiger partial charge in [0.2, 0.25) is 5.91 Å². The van der Waals surface area contributed by atoms with Crippen molar-refractivity contribution in [3.63, 3.8) is 0 Å². The second kappa shape index (κ2) is 8.15. The molecule has 7 heteroatoms. The van der Waals surface area contributed by atoms with E-state index in [1.54, 1.807) is 31.2 Å². The molecule has 0 unspecified atom stereocenters. The maximum Gasteiger partial charge on any atom is 0.244 e. The van der Waals surface area contributed by atoms with Crippen LogP contribution in [0.1, 0.15) is 11.3 Å². The molecule has 134 valence electrons. The second-order valence-electron chi connectivity index (χ2n) is 5.67. The van der Waals surface area contributed by atoms with Gasteiger partial charge < -0.3 is 19.9 Å². The number of rotatable bonds is 7. The predicted molar refractivity (Wildman–Crippen MR) is 95.5 cm³/mol. The molecule has 1 amide bonds. The minimum Gasteiger partial charge on any atom is -0.489 e. The van der Waals surface area contributed by atoms with Gasteiger partial charge in [-0.2, -0.15) is 0 Å². The van der Waals surface area contributed by atoms with E-state index in [0.717, 1.165) is 11.3 Å². The van der Waals surface area contributed by atoms with Crippen molar-refractivity contribution in [1.29, 1.82) is 0 Å². The van der Waals surface area contributed by atoms with E-state index in [2.05, 4.69) is 15.8 Å².